The molecular formula is C13H18N2O3. The minimum atomic E-state index is -0.278. The Morgan fingerprint density at radius 2 is 2.33 bits per heavy atom. The first-order valence-corrected chi connectivity index (χ1v) is 6.29. The monoisotopic (exact) mass is 250 g/mol. The van der Waals surface area contributed by atoms with E-state index in [1.807, 2.05) is 0 Å². The molecule has 3 N–H and O–H groups in total. The zero-order chi connectivity index (χ0) is 13.0. The number of aliphatic hydroxyl groups is 1. The number of H-pyrrole nitrogens is 1. The second-order valence-corrected chi connectivity index (χ2v) is 4.83. The number of amides is 1. The number of pyridine rings is 1. The lowest BCUT2D eigenvalue weighted by atomic mass is 9.86. The van der Waals surface area contributed by atoms with Crippen LogP contribution in [-0.2, 0) is 0 Å². The second-order valence-electron chi connectivity index (χ2n) is 4.83. The average Bonchev–Trinajstić information content (AvgIpc) is 2.39. The second kappa shape index (κ2) is 5.82. The average molecular weight is 250 g/mol. The molecule has 1 aliphatic carbocycles. The number of aromatic amines is 1. The van der Waals surface area contributed by atoms with Crippen LogP contribution in [0.3, 0.4) is 0 Å². The number of hydrogen-bond donors (Lipinski definition) is 3. The highest BCUT2D eigenvalue weighted by Gasteiger charge is 2.23. The normalized spacial score (nSPS) is 23.6. The summed E-state index contributed by atoms with van der Waals surface area (Å²) >= 11 is 0. The van der Waals surface area contributed by atoms with Crippen LogP contribution in [0.4, 0.5) is 0 Å². The lowest BCUT2D eigenvalue weighted by Gasteiger charge is -2.28. The third-order valence-electron chi connectivity index (χ3n) is 3.41. The van der Waals surface area contributed by atoms with E-state index in [0.717, 1.165) is 25.7 Å². The molecule has 18 heavy (non-hydrogen) atoms. The van der Waals surface area contributed by atoms with Crippen molar-refractivity contribution in [3.05, 3.63) is 34.2 Å². The van der Waals surface area contributed by atoms with Gasteiger partial charge in [0.15, 0.2) is 0 Å². The number of carbonyl (C=O) groups is 1. The lowest BCUT2D eigenvalue weighted by molar-refractivity contribution is 0.0905. The Kier molecular flexibility index (Phi) is 4.15. The van der Waals surface area contributed by atoms with Crippen molar-refractivity contribution in [2.24, 2.45) is 5.92 Å². The van der Waals surface area contributed by atoms with Gasteiger partial charge in [-0.05, 0) is 31.2 Å². The largest absolute Gasteiger partial charge is 0.396 e. The van der Waals surface area contributed by atoms with E-state index in [-0.39, 0.29) is 30.0 Å². The highest BCUT2D eigenvalue weighted by atomic mass is 16.3. The summed E-state index contributed by atoms with van der Waals surface area (Å²) < 4.78 is 0. The van der Waals surface area contributed by atoms with E-state index in [9.17, 15) is 9.59 Å². The summed E-state index contributed by atoms with van der Waals surface area (Å²) in [6.07, 6.45) is 5.25. The van der Waals surface area contributed by atoms with Gasteiger partial charge in [-0.3, -0.25) is 9.59 Å². The molecule has 2 unspecified atom stereocenters. The predicted molar refractivity (Wildman–Crippen MR) is 67.4 cm³/mol. The Morgan fingerprint density at radius 3 is 3.06 bits per heavy atom. The van der Waals surface area contributed by atoms with Crippen molar-refractivity contribution in [1.82, 2.24) is 10.3 Å². The van der Waals surface area contributed by atoms with E-state index in [4.69, 9.17) is 5.11 Å². The number of hydrogen-bond acceptors (Lipinski definition) is 3. The summed E-state index contributed by atoms with van der Waals surface area (Å²) in [7, 11) is 0. The van der Waals surface area contributed by atoms with Gasteiger partial charge in [0.25, 0.3) is 5.91 Å². The van der Waals surface area contributed by atoms with Crippen LogP contribution in [0.25, 0.3) is 0 Å². The molecule has 1 saturated carbocycles. The van der Waals surface area contributed by atoms with Crippen molar-refractivity contribution >= 4 is 5.91 Å². The topological polar surface area (TPSA) is 82.2 Å². The number of nitrogens with one attached hydrogen (secondary N) is 2. The molecule has 1 aromatic heterocycles. The molecule has 1 amide bonds. The molecule has 0 aliphatic heterocycles. The van der Waals surface area contributed by atoms with Crippen molar-refractivity contribution in [3.63, 3.8) is 0 Å². The van der Waals surface area contributed by atoms with Crippen molar-refractivity contribution < 1.29 is 9.90 Å². The minimum absolute atomic E-state index is 0.0997. The summed E-state index contributed by atoms with van der Waals surface area (Å²) in [6, 6.07) is 2.98. The van der Waals surface area contributed by atoms with Crippen LogP contribution >= 0.6 is 0 Å². The van der Waals surface area contributed by atoms with Crippen LogP contribution in [0.2, 0.25) is 0 Å². The van der Waals surface area contributed by atoms with Gasteiger partial charge in [-0.15, -0.1) is 0 Å². The molecule has 5 nitrogen and oxygen atoms in total. The lowest BCUT2D eigenvalue weighted by Crippen LogP contribution is -2.39. The van der Waals surface area contributed by atoms with Crippen LogP contribution in [0, 0.1) is 5.92 Å². The molecule has 0 saturated heterocycles. The van der Waals surface area contributed by atoms with E-state index < -0.39 is 0 Å². The van der Waals surface area contributed by atoms with E-state index in [2.05, 4.69) is 10.3 Å². The molecule has 0 bridgehead atoms. The van der Waals surface area contributed by atoms with Gasteiger partial charge in [0.2, 0.25) is 5.56 Å². The van der Waals surface area contributed by atoms with Crippen LogP contribution < -0.4 is 10.9 Å². The molecule has 2 atom stereocenters. The molecule has 0 radical (unpaired) electrons. The maximum Gasteiger partial charge on any atom is 0.251 e. The minimum Gasteiger partial charge on any atom is -0.396 e. The Bertz CT molecular complexity index is 469. The van der Waals surface area contributed by atoms with E-state index >= 15 is 0 Å². The quantitative estimate of drug-likeness (QED) is 0.737. The Morgan fingerprint density at radius 1 is 1.50 bits per heavy atom. The molecule has 1 heterocycles. The standard InChI is InChI=1S/C13H18N2O3/c16-8-9-2-1-3-11(6-9)15-13(18)10-4-5-14-12(17)7-10/h4-5,7,9,11,16H,1-3,6,8H2,(H,14,17)(H,15,18). The third-order valence-corrected chi connectivity index (χ3v) is 3.41. The van der Waals surface area contributed by atoms with Crippen LogP contribution in [-0.4, -0.2) is 28.6 Å². The molecular weight excluding hydrogens is 232 g/mol. The number of aliphatic hydroxyl groups excluding tert-OH is 1. The smallest absolute Gasteiger partial charge is 0.251 e. The van der Waals surface area contributed by atoms with Gasteiger partial charge >= 0.3 is 0 Å². The van der Waals surface area contributed by atoms with Crippen molar-refractivity contribution in [2.45, 2.75) is 31.7 Å². The fourth-order valence-electron chi connectivity index (χ4n) is 2.44. The molecule has 98 valence electrons. The first kappa shape index (κ1) is 12.8. The first-order valence-electron chi connectivity index (χ1n) is 6.29. The zero-order valence-electron chi connectivity index (χ0n) is 10.2. The van der Waals surface area contributed by atoms with Gasteiger partial charge < -0.3 is 15.4 Å². The van der Waals surface area contributed by atoms with Crippen LogP contribution in [0.1, 0.15) is 36.0 Å². The van der Waals surface area contributed by atoms with Crippen LogP contribution in [0.15, 0.2) is 23.1 Å². The van der Waals surface area contributed by atoms with Crippen LogP contribution in [0.5, 0.6) is 0 Å². The molecule has 0 aromatic carbocycles. The fraction of sp³-hybridized carbons (Fsp3) is 0.538. The van der Waals surface area contributed by atoms with Gasteiger partial charge in [-0.25, -0.2) is 0 Å². The van der Waals surface area contributed by atoms with Gasteiger partial charge in [0.05, 0.1) is 0 Å². The van der Waals surface area contributed by atoms with Crippen molar-refractivity contribution in [3.8, 4) is 0 Å². The maximum atomic E-state index is 11.9. The number of rotatable bonds is 3. The molecule has 5 heteroatoms. The maximum absolute atomic E-state index is 11.9. The van der Waals surface area contributed by atoms with E-state index in [0.29, 0.717) is 5.56 Å². The van der Waals surface area contributed by atoms with Gasteiger partial charge in [0, 0.05) is 30.5 Å². The van der Waals surface area contributed by atoms with E-state index in [1.54, 1.807) is 6.07 Å². The molecule has 1 aromatic rings. The van der Waals surface area contributed by atoms with Gasteiger partial charge in [0.1, 0.15) is 0 Å². The van der Waals surface area contributed by atoms with Crippen molar-refractivity contribution in [2.75, 3.05) is 6.61 Å². The zero-order valence-corrected chi connectivity index (χ0v) is 10.2. The van der Waals surface area contributed by atoms with E-state index in [1.165, 1.54) is 12.3 Å². The summed E-state index contributed by atoms with van der Waals surface area (Å²) in [6.45, 7) is 0.178. The summed E-state index contributed by atoms with van der Waals surface area (Å²) in [5.74, 6) is 0.0629. The summed E-state index contributed by atoms with van der Waals surface area (Å²) in [5.41, 5.74) is 0.101. The summed E-state index contributed by atoms with van der Waals surface area (Å²) in [4.78, 5) is 25.5. The van der Waals surface area contributed by atoms with Gasteiger partial charge in [-0.1, -0.05) is 6.42 Å². The highest BCUT2D eigenvalue weighted by molar-refractivity contribution is 5.94. The van der Waals surface area contributed by atoms with Crippen molar-refractivity contribution in [1.29, 1.82) is 0 Å². The highest BCUT2D eigenvalue weighted by Crippen LogP contribution is 2.23. The number of carbonyl (C=O) groups excluding carboxylic acids is 1. The number of aromatic nitrogens is 1. The van der Waals surface area contributed by atoms with Gasteiger partial charge in [-0.2, -0.15) is 0 Å². The SMILES string of the molecule is O=C(NC1CCCC(CO)C1)c1cc[nH]c(=O)c1. The molecule has 1 fully saturated rings. The predicted octanol–water partition coefficient (Wildman–Crippen LogP) is 0.656. The Balaban J connectivity index is 1.97. The molecule has 1 aliphatic rings. The fourth-order valence-corrected chi connectivity index (χ4v) is 2.44. The first-order chi connectivity index (χ1) is 8.69. The Hall–Kier alpha value is -1.62. The third kappa shape index (κ3) is 3.20. The molecule has 0 spiro atoms. The summed E-state index contributed by atoms with van der Waals surface area (Å²) in [5, 5.41) is 12.1. The Labute approximate surface area is 105 Å². The molecule has 2 rings (SSSR count).